The molecular weight excluding hydrogens is 272 g/mol. The van der Waals surface area contributed by atoms with Gasteiger partial charge in [-0.25, -0.2) is 0 Å². The van der Waals surface area contributed by atoms with Crippen LogP contribution in [0.3, 0.4) is 0 Å². The zero-order valence-electron chi connectivity index (χ0n) is 10.8. The highest BCUT2D eigenvalue weighted by molar-refractivity contribution is 7.98. The first-order valence-electron chi connectivity index (χ1n) is 5.76. The number of thioether (sulfide) groups is 2. The van der Waals surface area contributed by atoms with E-state index in [2.05, 4.69) is 28.5 Å². The molecule has 19 heavy (non-hydrogen) atoms. The first-order chi connectivity index (χ1) is 9.31. The van der Waals surface area contributed by atoms with Crippen molar-refractivity contribution in [3.63, 3.8) is 0 Å². The number of benzene rings is 2. The molecule has 0 aliphatic rings. The van der Waals surface area contributed by atoms with Gasteiger partial charge >= 0.3 is 0 Å². The lowest BCUT2D eigenvalue weighted by molar-refractivity contribution is 1.41. The van der Waals surface area contributed by atoms with Crippen LogP contribution in [-0.2, 0) is 0 Å². The summed E-state index contributed by atoms with van der Waals surface area (Å²) in [7, 11) is 0. The standard InChI is InChI=1S/C15H14N2S2/c1-18-14-7-3-12(4-8-14)16-11-17-13-5-9-15(19-2)10-6-13/h3-10H,1-2H3. The van der Waals surface area contributed by atoms with Gasteiger partial charge in [0.25, 0.3) is 0 Å². The summed E-state index contributed by atoms with van der Waals surface area (Å²) in [4.78, 5) is 10.8. The van der Waals surface area contributed by atoms with Crippen LogP contribution in [0.15, 0.2) is 68.3 Å². The molecular formula is C15H14N2S2. The SMILES string of the molecule is CSc1ccc(N=C=Nc2ccc(SC)cc2)cc1. The molecule has 0 atom stereocenters. The molecule has 0 aliphatic heterocycles. The number of nitrogens with zero attached hydrogens (tertiary/aromatic N) is 2. The second-order valence-corrected chi connectivity index (χ2v) is 5.48. The van der Waals surface area contributed by atoms with Crippen molar-refractivity contribution >= 4 is 40.9 Å². The van der Waals surface area contributed by atoms with Gasteiger partial charge in [0.05, 0.1) is 11.4 Å². The Morgan fingerprint density at radius 1 is 0.684 bits per heavy atom. The summed E-state index contributed by atoms with van der Waals surface area (Å²) in [6.45, 7) is 0. The molecule has 4 heteroatoms. The molecule has 0 saturated heterocycles. The van der Waals surface area contributed by atoms with Crippen molar-refractivity contribution in [3.8, 4) is 0 Å². The van der Waals surface area contributed by atoms with Crippen LogP contribution in [0.4, 0.5) is 11.4 Å². The molecule has 0 amide bonds. The molecule has 0 aromatic heterocycles. The first kappa shape index (κ1) is 13.9. The Balaban J connectivity index is 2.09. The van der Waals surface area contributed by atoms with Gasteiger partial charge in [-0.1, -0.05) is 0 Å². The number of hydrogen-bond donors (Lipinski definition) is 0. The van der Waals surface area contributed by atoms with Crippen LogP contribution >= 0.6 is 23.5 Å². The second-order valence-electron chi connectivity index (χ2n) is 3.72. The van der Waals surface area contributed by atoms with Crippen molar-refractivity contribution in [2.24, 2.45) is 9.98 Å². The predicted molar refractivity (Wildman–Crippen MR) is 85.6 cm³/mol. The molecule has 0 heterocycles. The van der Waals surface area contributed by atoms with Crippen LogP contribution in [-0.4, -0.2) is 18.5 Å². The normalized spacial score (nSPS) is 9.79. The molecule has 0 N–H and O–H groups in total. The summed E-state index contributed by atoms with van der Waals surface area (Å²) in [5.74, 6) is 0. The molecule has 0 saturated carbocycles. The molecule has 0 unspecified atom stereocenters. The lowest BCUT2D eigenvalue weighted by Gasteiger charge is -1.95. The maximum absolute atomic E-state index is 4.19. The van der Waals surface area contributed by atoms with Gasteiger partial charge in [0.1, 0.15) is 6.01 Å². The van der Waals surface area contributed by atoms with Crippen molar-refractivity contribution in [2.45, 2.75) is 9.79 Å². The molecule has 0 radical (unpaired) electrons. The third-order valence-corrected chi connectivity index (χ3v) is 3.99. The minimum atomic E-state index is 0.863. The van der Waals surface area contributed by atoms with E-state index in [0.717, 1.165) is 11.4 Å². The van der Waals surface area contributed by atoms with Crippen LogP contribution in [0.1, 0.15) is 0 Å². The zero-order valence-corrected chi connectivity index (χ0v) is 12.5. The fourth-order valence-electron chi connectivity index (χ4n) is 1.45. The molecule has 2 aromatic carbocycles. The van der Waals surface area contributed by atoms with Crippen LogP contribution in [0.25, 0.3) is 0 Å². The molecule has 0 bridgehead atoms. The molecule has 96 valence electrons. The van der Waals surface area contributed by atoms with Gasteiger partial charge in [0.2, 0.25) is 0 Å². The van der Waals surface area contributed by atoms with E-state index in [1.807, 2.05) is 48.5 Å². The third-order valence-electron chi connectivity index (χ3n) is 2.50. The topological polar surface area (TPSA) is 24.7 Å². The zero-order chi connectivity index (χ0) is 13.5. The monoisotopic (exact) mass is 286 g/mol. The van der Waals surface area contributed by atoms with Gasteiger partial charge < -0.3 is 0 Å². The first-order valence-corrected chi connectivity index (χ1v) is 8.21. The molecule has 0 fully saturated rings. The van der Waals surface area contributed by atoms with E-state index < -0.39 is 0 Å². The van der Waals surface area contributed by atoms with E-state index >= 15 is 0 Å². The molecule has 2 rings (SSSR count). The van der Waals surface area contributed by atoms with Crippen LogP contribution in [0.2, 0.25) is 0 Å². The van der Waals surface area contributed by atoms with Gasteiger partial charge in [-0.2, -0.15) is 9.98 Å². The van der Waals surface area contributed by atoms with Crippen LogP contribution in [0.5, 0.6) is 0 Å². The van der Waals surface area contributed by atoms with Gasteiger partial charge in [0, 0.05) is 9.79 Å². The second kappa shape index (κ2) is 7.19. The van der Waals surface area contributed by atoms with Crippen molar-refractivity contribution in [1.29, 1.82) is 0 Å². The van der Waals surface area contributed by atoms with Gasteiger partial charge in [-0.3, -0.25) is 0 Å². The lowest BCUT2D eigenvalue weighted by Crippen LogP contribution is -1.69. The van der Waals surface area contributed by atoms with E-state index in [1.54, 1.807) is 23.5 Å². The smallest absolute Gasteiger partial charge is 0.100 e. The van der Waals surface area contributed by atoms with E-state index in [4.69, 9.17) is 0 Å². The Kier molecular flexibility index (Phi) is 5.28. The quantitative estimate of drug-likeness (QED) is 0.565. The van der Waals surface area contributed by atoms with E-state index in [9.17, 15) is 0 Å². The number of hydrogen-bond acceptors (Lipinski definition) is 4. The summed E-state index contributed by atoms with van der Waals surface area (Å²) in [5, 5.41) is 0. The summed E-state index contributed by atoms with van der Waals surface area (Å²) >= 11 is 3.43. The average Bonchev–Trinajstić information content (AvgIpc) is 2.49. The van der Waals surface area contributed by atoms with Gasteiger partial charge in [-0.15, -0.1) is 23.5 Å². The van der Waals surface area contributed by atoms with Crippen molar-refractivity contribution < 1.29 is 0 Å². The highest BCUT2D eigenvalue weighted by Gasteiger charge is 1.91. The molecule has 0 spiro atoms. The fraction of sp³-hybridized carbons (Fsp3) is 0.133. The summed E-state index contributed by atoms with van der Waals surface area (Å²) in [6, 6.07) is 18.7. The van der Waals surface area contributed by atoms with Crippen molar-refractivity contribution in [2.75, 3.05) is 12.5 Å². The highest BCUT2D eigenvalue weighted by Crippen LogP contribution is 2.20. The van der Waals surface area contributed by atoms with Crippen molar-refractivity contribution in [3.05, 3.63) is 48.5 Å². The van der Waals surface area contributed by atoms with Crippen LogP contribution in [0, 0.1) is 0 Å². The number of rotatable bonds is 4. The van der Waals surface area contributed by atoms with Gasteiger partial charge in [0.15, 0.2) is 0 Å². The maximum Gasteiger partial charge on any atom is 0.100 e. The molecule has 0 aliphatic carbocycles. The van der Waals surface area contributed by atoms with E-state index in [-0.39, 0.29) is 0 Å². The van der Waals surface area contributed by atoms with Gasteiger partial charge in [-0.05, 0) is 61.0 Å². The minimum Gasteiger partial charge on any atom is -0.188 e. The van der Waals surface area contributed by atoms with E-state index in [0.29, 0.717) is 0 Å². The summed E-state index contributed by atoms with van der Waals surface area (Å²) in [5.41, 5.74) is 1.73. The van der Waals surface area contributed by atoms with Crippen molar-refractivity contribution in [1.82, 2.24) is 0 Å². The fourth-order valence-corrected chi connectivity index (χ4v) is 2.27. The Hall–Kier alpha value is -1.48. The van der Waals surface area contributed by atoms with E-state index in [1.165, 1.54) is 9.79 Å². The average molecular weight is 286 g/mol. The maximum atomic E-state index is 4.19. The number of aliphatic imine (C=N–C) groups is 2. The molecule has 2 aromatic rings. The Labute approximate surface area is 122 Å². The Morgan fingerprint density at radius 3 is 1.37 bits per heavy atom. The summed E-state index contributed by atoms with van der Waals surface area (Å²) < 4.78 is 0. The predicted octanol–water partition coefficient (Wildman–Crippen LogP) is 5.27. The lowest BCUT2D eigenvalue weighted by atomic mass is 10.3. The summed E-state index contributed by atoms with van der Waals surface area (Å²) in [6.07, 6.45) is 4.11. The van der Waals surface area contributed by atoms with Crippen LogP contribution < -0.4 is 0 Å². The highest BCUT2D eigenvalue weighted by atomic mass is 32.2. The third kappa shape index (κ3) is 4.28. The Morgan fingerprint density at radius 2 is 1.05 bits per heavy atom. The Bertz CT molecular complexity index is 531. The largest absolute Gasteiger partial charge is 0.188 e. The molecule has 2 nitrogen and oxygen atoms in total. The minimum absolute atomic E-state index is 0.863.